The first kappa shape index (κ1) is 14.2. The fraction of sp³-hybridized carbons (Fsp3) is 0.909. The van der Waals surface area contributed by atoms with Crippen molar-refractivity contribution < 1.29 is 14.6 Å². The van der Waals surface area contributed by atoms with Crippen molar-refractivity contribution >= 4 is 6.09 Å². The third-order valence-corrected chi connectivity index (χ3v) is 2.12. The number of hydrogen-bond acceptors (Lipinski definition) is 3. The lowest BCUT2D eigenvalue weighted by Gasteiger charge is -2.25. The highest BCUT2D eigenvalue weighted by molar-refractivity contribution is 5.68. The highest BCUT2D eigenvalue weighted by atomic mass is 16.6. The molecule has 2 atom stereocenters. The molecule has 1 amide bonds. The molecule has 0 aliphatic rings. The minimum Gasteiger partial charge on any atom is -0.444 e. The van der Waals surface area contributed by atoms with E-state index in [4.69, 9.17) is 9.84 Å². The number of nitrogens with one attached hydrogen (secondary N) is 1. The number of aliphatic hydroxyl groups is 1. The molecule has 0 aliphatic carbocycles. The molecule has 0 saturated heterocycles. The third-order valence-electron chi connectivity index (χ3n) is 2.12. The van der Waals surface area contributed by atoms with Crippen LogP contribution in [-0.2, 0) is 4.74 Å². The minimum atomic E-state index is -0.481. The molecule has 0 aromatic rings. The van der Waals surface area contributed by atoms with E-state index in [0.29, 0.717) is 0 Å². The number of amides is 1. The van der Waals surface area contributed by atoms with E-state index in [1.165, 1.54) is 0 Å². The molecule has 0 bridgehead atoms. The SMILES string of the molecule is CCC(NC(=O)OC(C)(C)C)C(C)CO. The summed E-state index contributed by atoms with van der Waals surface area (Å²) in [6.45, 7) is 9.39. The molecule has 0 saturated carbocycles. The maximum absolute atomic E-state index is 11.4. The number of hydrogen-bond donors (Lipinski definition) is 2. The maximum atomic E-state index is 11.4. The van der Waals surface area contributed by atoms with Crippen molar-refractivity contribution in [1.82, 2.24) is 5.32 Å². The van der Waals surface area contributed by atoms with Crippen LogP contribution in [0, 0.1) is 5.92 Å². The van der Waals surface area contributed by atoms with Gasteiger partial charge in [0.2, 0.25) is 0 Å². The third kappa shape index (κ3) is 6.33. The summed E-state index contributed by atoms with van der Waals surface area (Å²) >= 11 is 0. The molecule has 15 heavy (non-hydrogen) atoms. The molecule has 0 aromatic heterocycles. The molecule has 0 rings (SSSR count). The van der Waals surface area contributed by atoms with Crippen molar-refractivity contribution in [3.63, 3.8) is 0 Å². The molecule has 90 valence electrons. The molecule has 0 heterocycles. The summed E-state index contributed by atoms with van der Waals surface area (Å²) in [6, 6.07) is -0.0372. The molecule has 0 spiro atoms. The van der Waals surface area contributed by atoms with E-state index in [1.54, 1.807) is 0 Å². The van der Waals surface area contributed by atoms with Gasteiger partial charge in [-0.3, -0.25) is 0 Å². The van der Waals surface area contributed by atoms with Gasteiger partial charge in [-0.25, -0.2) is 4.79 Å². The zero-order valence-corrected chi connectivity index (χ0v) is 10.3. The van der Waals surface area contributed by atoms with E-state index in [1.807, 2.05) is 34.6 Å². The predicted molar refractivity (Wildman–Crippen MR) is 59.7 cm³/mol. The summed E-state index contributed by atoms with van der Waals surface area (Å²) in [5.74, 6) is 0.0440. The van der Waals surface area contributed by atoms with Gasteiger partial charge in [-0.15, -0.1) is 0 Å². The first-order chi connectivity index (χ1) is 6.80. The van der Waals surface area contributed by atoms with Crippen LogP contribution in [0.15, 0.2) is 0 Å². The largest absolute Gasteiger partial charge is 0.444 e. The second-order valence-corrected chi connectivity index (χ2v) is 4.82. The molecular weight excluding hydrogens is 194 g/mol. The Morgan fingerprint density at radius 3 is 2.33 bits per heavy atom. The Labute approximate surface area is 92.0 Å². The molecular formula is C11H23NO3. The Morgan fingerprint density at radius 2 is 2.00 bits per heavy atom. The van der Waals surface area contributed by atoms with Crippen LogP contribution in [0.3, 0.4) is 0 Å². The van der Waals surface area contributed by atoms with Crippen molar-refractivity contribution in [2.45, 2.75) is 52.7 Å². The van der Waals surface area contributed by atoms with Crippen LogP contribution in [0.1, 0.15) is 41.0 Å². The van der Waals surface area contributed by atoms with E-state index in [9.17, 15) is 4.79 Å². The standard InChI is InChI=1S/C11H23NO3/c1-6-9(8(2)7-13)12-10(14)15-11(3,4)5/h8-9,13H,6-7H2,1-5H3,(H,12,14). The Morgan fingerprint density at radius 1 is 1.47 bits per heavy atom. The normalized spacial score (nSPS) is 15.6. The zero-order valence-electron chi connectivity index (χ0n) is 10.3. The van der Waals surface area contributed by atoms with Crippen molar-refractivity contribution in [3.05, 3.63) is 0 Å². The van der Waals surface area contributed by atoms with Gasteiger partial charge in [0.1, 0.15) is 5.60 Å². The Hall–Kier alpha value is -0.770. The van der Waals surface area contributed by atoms with Crippen LogP contribution in [0.2, 0.25) is 0 Å². The summed E-state index contributed by atoms with van der Waals surface area (Å²) in [7, 11) is 0. The molecule has 0 fully saturated rings. The number of alkyl carbamates (subject to hydrolysis) is 1. The van der Waals surface area contributed by atoms with Gasteiger partial charge in [0.25, 0.3) is 0 Å². The lowest BCUT2D eigenvalue weighted by molar-refractivity contribution is 0.0474. The molecule has 2 unspecified atom stereocenters. The van der Waals surface area contributed by atoms with Crippen molar-refractivity contribution in [2.75, 3.05) is 6.61 Å². The Balaban J connectivity index is 4.13. The van der Waals surface area contributed by atoms with Gasteiger partial charge in [0, 0.05) is 12.6 Å². The maximum Gasteiger partial charge on any atom is 0.407 e. The van der Waals surface area contributed by atoms with Crippen LogP contribution in [-0.4, -0.2) is 29.4 Å². The van der Waals surface area contributed by atoms with Crippen molar-refractivity contribution in [3.8, 4) is 0 Å². The smallest absolute Gasteiger partial charge is 0.407 e. The highest BCUT2D eigenvalue weighted by Gasteiger charge is 2.21. The Kier molecular flexibility index (Phi) is 5.65. The molecule has 4 nitrogen and oxygen atoms in total. The van der Waals surface area contributed by atoms with E-state index >= 15 is 0 Å². The van der Waals surface area contributed by atoms with Crippen LogP contribution < -0.4 is 5.32 Å². The van der Waals surface area contributed by atoms with Crippen LogP contribution in [0.25, 0.3) is 0 Å². The monoisotopic (exact) mass is 217 g/mol. The molecule has 2 N–H and O–H groups in total. The van der Waals surface area contributed by atoms with Gasteiger partial charge < -0.3 is 15.2 Å². The number of rotatable bonds is 4. The number of ether oxygens (including phenoxy) is 1. The molecule has 0 aliphatic heterocycles. The molecule has 0 radical (unpaired) electrons. The van der Waals surface area contributed by atoms with Gasteiger partial charge in [0.05, 0.1) is 0 Å². The second-order valence-electron chi connectivity index (χ2n) is 4.82. The van der Waals surface area contributed by atoms with E-state index in [0.717, 1.165) is 6.42 Å². The summed E-state index contributed by atoms with van der Waals surface area (Å²) in [6.07, 6.45) is 0.357. The highest BCUT2D eigenvalue weighted by Crippen LogP contribution is 2.10. The molecule has 0 aromatic carbocycles. The summed E-state index contributed by atoms with van der Waals surface area (Å²) in [5, 5.41) is 11.7. The summed E-state index contributed by atoms with van der Waals surface area (Å²) in [5.41, 5.74) is -0.481. The minimum absolute atomic E-state index is 0.0372. The lowest BCUT2D eigenvalue weighted by atomic mass is 10.0. The topological polar surface area (TPSA) is 58.6 Å². The summed E-state index contributed by atoms with van der Waals surface area (Å²) in [4.78, 5) is 11.4. The average molecular weight is 217 g/mol. The van der Waals surface area contributed by atoms with Crippen molar-refractivity contribution in [2.24, 2.45) is 5.92 Å². The number of carbonyl (C=O) groups excluding carboxylic acids is 1. The van der Waals surface area contributed by atoms with Crippen LogP contribution >= 0.6 is 0 Å². The Bertz CT molecular complexity index is 198. The van der Waals surface area contributed by atoms with Crippen LogP contribution in [0.4, 0.5) is 4.79 Å². The van der Waals surface area contributed by atoms with Crippen LogP contribution in [0.5, 0.6) is 0 Å². The first-order valence-corrected chi connectivity index (χ1v) is 5.40. The fourth-order valence-electron chi connectivity index (χ4n) is 1.23. The fourth-order valence-corrected chi connectivity index (χ4v) is 1.23. The van der Waals surface area contributed by atoms with Crippen molar-refractivity contribution in [1.29, 1.82) is 0 Å². The van der Waals surface area contributed by atoms with Gasteiger partial charge in [-0.05, 0) is 33.1 Å². The lowest BCUT2D eigenvalue weighted by Crippen LogP contribution is -2.42. The van der Waals surface area contributed by atoms with Gasteiger partial charge in [-0.1, -0.05) is 13.8 Å². The van der Waals surface area contributed by atoms with E-state index in [2.05, 4.69) is 5.32 Å². The van der Waals surface area contributed by atoms with E-state index < -0.39 is 11.7 Å². The first-order valence-electron chi connectivity index (χ1n) is 5.40. The summed E-state index contributed by atoms with van der Waals surface area (Å²) < 4.78 is 5.13. The number of aliphatic hydroxyl groups excluding tert-OH is 1. The van der Waals surface area contributed by atoms with E-state index in [-0.39, 0.29) is 18.6 Å². The molecule has 4 heteroatoms. The van der Waals surface area contributed by atoms with Gasteiger partial charge >= 0.3 is 6.09 Å². The average Bonchev–Trinajstić information content (AvgIpc) is 2.10. The van der Waals surface area contributed by atoms with Gasteiger partial charge in [0.15, 0.2) is 0 Å². The predicted octanol–water partition coefficient (Wildman–Crippen LogP) is 1.92. The van der Waals surface area contributed by atoms with Gasteiger partial charge in [-0.2, -0.15) is 0 Å². The zero-order chi connectivity index (χ0) is 12.1. The number of carbonyl (C=O) groups is 1. The quantitative estimate of drug-likeness (QED) is 0.756. The second kappa shape index (κ2) is 5.95.